The molecule has 0 N–H and O–H groups in total. The van der Waals surface area contributed by atoms with E-state index in [4.69, 9.17) is 9.16 Å². The summed E-state index contributed by atoms with van der Waals surface area (Å²) in [6.45, 7) is 13.3. The van der Waals surface area contributed by atoms with Crippen LogP contribution in [0.1, 0.15) is 60.8 Å². The predicted octanol–water partition coefficient (Wildman–Crippen LogP) is 5.32. The molecule has 0 bridgehead atoms. The summed E-state index contributed by atoms with van der Waals surface area (Å²) in [6, 6.07) is 3.39. The minimum absolute atomic E-state index is 0.0607. The average molecular weight is 329 g/mol. The fourth-order valence-electron chi connectivity index (χ4n) is 2.83. The minimum atomic E-state index is -1.69. The molecular formula is C18H36O3Si. The third-order valence-electron chi connectivity index (χ3n) is 4.47. The summed E-state index contributed by atoms with van der Waals surface area (Å²) >= 11 is 0. The summed E-state index contributed by atoms with van der Waals surface area (Å²) in [7, 11) is -0.259. The highest BCUT2D eigenvalue weighted by Gasteiger charge is 2.33. The molecule has 0 aromatic rings. The third-order valence-corrected chi connectivity index (χ3v) is 9.12. The van der Waals surface area contributed by atoms with Crippen LogP contribution in [0.3, 0.4) is 0 Å². The molecule has 0 radical (unpaired) electrons. The average Bonchev–Trinajstić information content (AvgIpc) is 2.50. The van der Waals surface area contributed by atoms with E-state index in [9.17, 15) is 4.79 Å². The Morgan fingerprint density at radius 2 is 1.64 bits per heavy atom. The first-order valence-corrected chi connectivity index (χ1v) is 11.4. The van der Waals surface area contributed by atoms with Crippen molar-refractivity contribution in [3.63, 3.8) is 0 Å². The van der Waals surface area contributed by atoms with Gasteiger partial charge < -0.3 is 9.16 Å². The summed E-state index contributed by atoms with van der Waals surface area (Å²) < 4.78 is 11.6. The zero-order valence-corrected chi connectivity index (χ0v) is 16.7. The molecule has 0 fully saturated rings. The molecule has 1 atom stereocenters. The van der Waals surface area contributed by atoms with E-state index in [1.54, 1.807) is 6.08 Å². The molecule has 0 aromatic carbocycles. The van der Waals surface area contributed by atoms with Gasteiger partial charge in [-0.05, 0) is 42.5 Å². The Morgan fingerprint density at radius 3 is 2.00 bits per heavy atom. The second kappa shape index (κ2) is 11.0. The smallest absolute Gasteiger partial charge is 0.330 e. The van der Waals surface area contributed by atoms with Gasteiger partial charge in [-0.25, -0.2) is 4.79 Å². The summed E-state index contributed by atoms with van der Waals surface area (Å²) in [5, 5.41) is 0. The molecule has 0 rings (SSSR count). The van der Waals surface area contributed by atoms with Crippen LogP contribution in [0.5, 0.6) is 0 Å². The maximum atomic E-state index is 11.7. The Hall–Kier alpha value is -0.613. The van der Waals surface area contributed by atoms with E-state index in [-0.39, 0.29) is 12.1 Å². The Kier molecular flexibility index (Phi) is 10.7. The highest BCUT2D eigenvalue weighted by molar-refractivity contribution is 6.73. The van der Waals surface area contributed by atoms with Crippen molar-refractivity contribution in [2.75, 3.05) is 7.11 Å². The number of esters is 1. The van der Waals surface area contributed by atoms with Gasteiger partial charge in [-0.3, -0.25) is 0 Å². The van der Waals surface area contributed by atoms with Gasteiger partial charge >= 0.3 is 5.97 Å². The van der Waals surface area contributed by atoms with Crippen LogP contribution in [-0.4, -0.2) is 27.5 Å². The largest absolute Gasteiger partial charge is 0.466 e. The minimum Gasteiger partial charge on any atom is -0.466 e. The number of hydrogen-bond donors (Lipinski definition) is 0. The summed E-state index contributed by atoms with van der Waals surface area (Å²) in [4.78, 5) is 11.7. The Morgan fingerprint density at radius 1 is 1.09 bits per heavy atom. The van der Waals surface area contributed by atoms with Crippen molar-refractivity contribution in [2.45, 2.75) is 85.0 Å². The first-order valence-electron chi connectivity index (χ1n) is 8.84. The van der Waals surface area contributed by atoms with Crippen molar-refractivity contribution >= 4 is 14.3 Å². The van der Waals surface area contributed by atoms with Crippen LogP contribution in [0.25, 0.3) is 0 Å². The summed E-state index contributed by atoms with van der Waals surface area (Å²) in [6.07, 6.45) is 4.60. The molecule has 0 aliphatic heterocycles. The number of ether oxygens (including phenoxy) is 1. The maximum Gasteiger partial charge on any atom is 0.330 e. The number of hydrogen-bond acceptors (Lipinski definition) is 3. The lowest BCUT2D eigenvalue weighted by Gasteiger charge is -2.35. The summed E-state index contributed by atoms with van der Waals surface area (Å²) in [5.74, 6) is 0.276. The lowest BCUT2D eigenvalue weighted by Crippen LogP contribution is -2.41. The van der Waals surface area contributed by atoms with Crippen LogP contribution >= 0.6 is 0 Å². The molecule has 0 amide bonds. The van der Waals surface area contributed by atoms with E-state index in [0.717, 1.165) is 43.0 Å². The monoisotopic (exact) mass is 328 g/mol. The van der Waals surface area contributed by atoms with Gasteiger partial charge in [0.15, 0.2) is 8.32 Å². The van der Waals surface area contributed by atoms with Crippen LogP contribution in [-0.2, 0) is 14.0 Å². The van der Waals surface area contributed by atoms with Crippen molar-refractivity contribution in [2.24, 2.45) is 5.92 Å². The van der Waals surface area contributed by atoms with Crippen molar-refractivity contribution < 1.29 is 14.0 Å². The van der Waals surface area contributed by atoms with E-state index < -0.39 is 8.32 Å². The van der Waals surface area contributed by atoms with Crippen molar-refractivity contribution in [1.29, 1.82) is 0 Å². The molecule has 3 nitrogen and oxygen atoms in total. The van der Waals surface area contributed by atoms with E-state index in [2.05, 4.69) is 41.5 Å². The van der Waals surface area contributed by atoms with Crippen LogP contribution in [0.4, 0.5) is 0 Å². The second-order valence-electron chi connectivity index (χ2n) is 6.47. The van der Waals surface area contributed by atoms with Crippen LogP contribution in [0.15, 0.2) is 11.6 Å². The van der Waals surface area contributed by atoms with E-state index in [1.165, 1.54) is 7.11 Å². The second-order valence-corrected chi connectivity index (χ2v) is 11.2. The highest BCUT2D eigenvalue weighted by Crippen LogP contribution is 2.30. The van der Waals surface area contributed by atoms with Gasteiger partial charge in [-0.2, -0.15) is 0 Å². The number of carbonyl (C=O) groups is 1. The topological polar surface area (TPSA) is 35.5 Å². The molecule has 0 aliphatic rings. The number of rotatable bonds is 11. The quantitative estimate of drug-likeness (QED) is 0.292. The van der Waals surface area contributed by atoms with E-state index in [0.29, 0.717) is 5.92 Å². The van der Waals surface area contributed by atoms with Gasteiger partial charge in [0.2, 0.25) is 0 Å². The van der Waals surface area contributed by atoms with Crippen LogP contribution < -0.4 is 0 Å². The standard InChI is InChI=1S/C18H36O3Si/c1-8-12-16(14-18(19)20-7)17(13-15(5)6)21-22(9-2,10-3)11-4/h14-15,17H,8-13H2,1-7H3/b16-14+. The zero-order valence-electron chi connectivity index (χ0n) is 15.7. The third kappa shape index (κ3) is 7.10. The fraction of sp³-hybridized carbons (Fsp3) is 0.833. The van der Waals surface area contributed by atoms with Crippen LogP contribution in [0, 0.1) is 5.92 Å². The molecule has 0 spiro atoms. The normalized spacial score (nSPS) is 14.3. The first kappa shape index (κ1) is 21.4. The lowest BCUT2D eigenvalue weighted by atomic mass is 9.96. The molecule has 0 saturated carbocycles. The highest BCUT2D eigenvalue weighted by atomic mass is 28.4. The van der Waals surface area contributed by atoms with Crippen molar-refractivity contribution in [3.8, 4) is 0 Å². The molecular weight excluding hydrogens is 292 g/mol. The Labute approximate surface area is 138 Å². The first-order chi connectivity index (χ1) is 10.4. The molecule has 1 unspecified atom stereocenters. The SMILES string of the molecule is CCC/C(=C\C(=O)OC)C(CC(C)C)O[Si](CC)(CC)CC. The van der Waals surface area contributed by atoms with Gasteiger partial charge in [0.05, 0.1) is 13.2 Å². The van der Waals surface area contributed by atoms with Crippen molar-refractivity contribution in [3.05, 3.63) is 11.6 Å². The van der Waals surface area contributed by atoms with Gasteiger partial charge in [-0.15, -0.1) is 0 Å². The van der Waals surface area contributed by atoms with E-state index >= 15 is 0 Å². The molecule has 0 aromatic heterocycles. The zero-order chi connectivity index (χ0) is 17.2. The molecule has 0 saturated heterocycles. The number of carbonyl (C=O) groups excluding carboxylic acids is 1. The van der Waals surface area contributed by atoms with Crippen LogP contribution in [0.2, 0.25) is 18.1 Å². The van der Waals surface area contributed by atoms with Gasteiger partial charge in [-0.1, -0.05) is 48.0 Å². The van der Waals surface area contributed by atoms with Crippen molar-refractivity contribution in [1.82, 2.24) is 0 Å². The molecule has 0 aliphatic carbocycles. The molecule has 22 heavy (non-hydrogen) atoms. The predicted molar refractivity (Wildman–Crippen MR) is 96.5 cm³/mol. The maximum absolute atomic E-state index is 11.7. The van der Waals surface area contributed by atoms with Gasteiger partial charge in [0.25, 0.3) is 0 Å². The van der Waals surface area contributed by atoms with Gasteiger partial charge in [0.1, 0.15) is 0 Å². The van der Waals surface area contributed by atoms with E-state index in [1.807, 2.05) is 0 Å². The molecule has 4 heteroatoms. The lowest BCUT2D eigenvalue weighted by molar-refractivity contribution is -0.135. The Bertz CT molecular complexity index is 338. The number of methoxy groups -OCH3 is 1. The molecule has 0 heterocycles. The fourth-order valence-corrected chi connectivity index (χ4v) is 5.68. The van der Waals surface area contributed by atoms with Gasteiger partial charge in [0, 0.05) is 6.08 Å². The molecule has 130 valence electrons. The Balaban J connectivity index is 5.45. The summed E-state index contributed by atoms with van der Waals surface area (Å²) in [5.41, 5.74) is 1.11.